The fraction of sp³-hybridized carbons (Fsp3) is 0.714. The van der Waals surface area contributed by atoms with Gasteiger partial charge in [0.1, 0.15) is 6.04 Å². The molecular weight excluding hydrogens is 174 g/mol. The summed E-state index contributed by atoms with van der Waals surface area (Å²) in [7, 11) is 0. The Labute approximate surface area is 76.4 Å². The number of nitrogens with zero attached hydrogens (tertiary/aromatic N) is 1. The average Bonchev–Trinajstić information content (AvgIpc) is 2.06. The minimum atomic E-state index is -0.933. The molecule has 0 fully saturated rings. The molecule has 0 aliphatic rings. The molecule has 0 heterocycles. The highest BCUT2D eigenvalue weighted by Crippen LogP contribution is 1.96. The Morgan fingerprint density at radius 3 is 2.31 bits per heavy atom. The van der Waals surface area contributed by atoms with Crippen molar-refractivity contribution in [1.82, 2.24) is 0 Å². The van der Waals surface area contributed by atoms with Crippen LogP contribution in [0.2, 0.25) is 0 Å². The van der Waals surface area contributed by atoms with Gasteiger partial charge in [-0.25, -0.2) is 0 Å². The van der Waals surface area contributed by atoms with Crippen molar-refractivity contribution in [2.45, 2.75) is 25.3 Å². The molecule has 5 N–H and O–H groups in total. The van der Waals surface area contributed by atoms with E-state index in [-0.39, 0.29) is 0 Å². The molecule has 0 bridgehead atoms. The van der Waals surface area contributed by atoms with Gasteiger partial charge >= 0.3 is 5.97 Å². The Balaban J connectivity index is 0. The smallest absolute Gasteiger partial charge is 0.320 e. The van der Waals surface area contributed by atoms with Gasteiger partial charge in [-0.3, -0.25) is 9.59 Å². The number of hydrogen-bond donors (Lipinski definition) is 3. The van der Waals surface area contributed by atoms with Gasteiger partial charge < -0.3 is 22.0 Å². The summed E-state index contributed by atoms with van der Waals surface area (Å²) in [5.74, 6) is -0.933. The number of rotatable bonds is 5. The number of carboxylic acid groups (broad SMARTS) is 1. The molecule has 0 aromatic heterocycles. The first-order valence-electron chi connectivity index (χ1n) is 3.79. The van der Waals surface area contributed by atoms with Crippen molar-refractivity contribution in [1.29, 1.82) is 0 Å². The molecule has 1 unspecified atom stereocenters. The van der Waals surface area contributed by atoms with E-state index in [4.69, 9.17) is 26.8 Å². The van der Waals surface area contributed by atoms with Gasteiger partial charge in [0.15, 0.2) is 0 Å². The van der Waals surface area contributed by atoms with Gasteiger partial charge in [0.25, 0.3) is 0 Å². The van der Waals surface area contributed by atoms with Crippen LogP contribution >= 0.6 is 0 Å². The zero-order chi connectivity index (χ0) is 10.7. The third-order valence-electron chi connectivity index (χ3n) is 1.29. The molecule has 76 valence electrons. The van der Waals surface area contributed by atoms with Gasteiger partial charge in [-0.15, -0.1) is 0 Å². The van der Waals surface area contributed by atoms with Crippen molar-refractivity contribution < 1.29 is 14.7 Å². The molecule has 0 aromatic carbocycles. The fourth-order valence-corrected chi connectivity index (χ4v) is 0.632. The minimum Gasteiger partial charge on any atom is -0.724 e. The third-order valence-corrected chi connectivity index (χ3v) is 1.29. The maximum absolute atomic E-state index is 10.1. The summed E-state index contributed by atoms with van der Waals surface area (Å²) in [6, 6.07) is -0.716. The zero-order valence-electron chi connectivity index (χ0n) is 7.27. The van der Waals surface area contributed by atoms with Crippen molar-refractivity contribution >= 4 is 12.0 Å². The number of unbranched alkanes of at least 4 members (excludes halogenated alkanes) is 1. The lowest BCUT2D eigenvalue weighted by atomic mass is 10.1. The number of hydrogen-bond acceptors (Lipinski definition) is 4. The van der Waals surface area contributed by atoms with Crippen LogP contribution in [0.3, 0.4) is 0 Å². The molecule has 0 saturated carbocycles. The largest absolute Gasteiger partial charge is 0.724 e. The molecule has 0 amide bonds. The quantitative estimate of drug-likeness (QED) is 0.302. The van der Waals surface area contributed by atoms with Crippen molar-refractivity contribution in [2.24, 2.45) is 11.5 Å². The van der Waals surface area contributed by atoms with E-state index in [1.807, 2.05) is 0 Å². The summed E-state index contributed by atoms with van der Waals surface area (Å²) >= 11 is 0. The number of nitrogens with two attached hydrogens (primary N) is 2. The normalized spacial score (nSPS) is 10.6. The van der Waals surface area contributed by atoms with Gasteiger partial charge in [-0.2, -0.15) is 0 Å². The molecule has 6 nitrogen and oxygen atoms in total. The van der Waals surface area contributed by atoms with Crippen LogP contribution in [0.5, 0.6) is 0 Å². The Morgan fingerprint density at radius 1 is 1.54 bits per heavy atom. The first-order valence-corrected chi connectivity index (χ1v) is 3.79. The van der Waals surface area contributed by atoms with Gasteiger partial charge in [-0.05, 0) is 25.5 Å². The molecule has 0 aliphatic carbocycles. The molecule has 13 heavy (non-hydrogen) atoms. The molecule has 0 aromatic rings. The molecular formula is C7H14N3O3-. The summed E-state index contributed by atoms with van der Waals surface area (Å²) in [6.45, 7) is 0.604. The molecule has 0 rings (SSSR count). The molecule has 1 atom stereocenters. The molecule has 0 saturated heterocycles. The highest BCUT2D eigenvalue weighted by molar-refractivity contribution is 5.72. The predicted octanol–water partition coefficient (Wildman–Crippen LogP) is -0.581. The fourth-order valence-electron chi connectivity index (χ4n) is 0.632. The monoisotopic (exact) mass is 188 g/mol. The summed E-state index contributed by atoms with van der Waals surface area (Å²) in [5, 5.41) is 15.1. The van der Waals surface area contributed by atoms with Crippen molar-refractivity contribution in [2.75, 3.05) is 6.54 Å². The van der Waals surface area contributed by atoms with Crippen LogP contribution in [0.25, 0.3) is 5.41 Å². The van der Waals surface area contributed by atoms with Crippen LogP contribution in [0.15, 0.2) is 0 Å². The maximum Gasteiger partial charge on any atom is 0.320 e. The second kappa shape index (κ2) is 10.8. The highest BCUT2D eigenvalue weighted by Gasteiger charge is 2.09. The lowest BCUT2D eigenvalue weighted by Crippen LogP contribution is -2.29. The van der Waals surface area contributed by atoms with E-state index in [2.05, 4.69) is 0 Å². The predicted molar refractivity (Wildman–Crippen MR) is 47.6 cm³/mol. The first kappa shape index (κ1) is 14.3. The SMILES string of the molecule is NCCCCC(N)C(=O)O.[N-]=C=O. The van der Waals surface area contributed by atoms with E-state index in [0.29, 0.717) is 19.0 Å². The summed E-state index contributed by atoms with van der Waals surface area (Å²) in [6.07, 6.45) is 2.66. The molecule has 0 radical (unpaired) electrons. The van der Waals surface area contributed by atoms with Crippen molar-refractivity contribution in [3.63, 3.8) is 0 Å². The standard InChI is InChI=1S/C6H14N2O2.CNO/c7-4-2-1-3-5(8)6(9)10;2-1-3/h5H,1-4,7-8H2,(H,9,10);/q;-1. The van der Waals surface area contributed by atoms with E-state index in [9.17, 15) is 4.79 Å². The van der Waals surface area contributed by atoms with Crippen LogP contribution < -0.4 is 11.5 Å². The van der Waals surface area contributed by atoms with Gasteiger partial charge in [0.2, 0.25) is 0 Å². The lowest BCUT2D eigenvalue weighted by molar-refractivity contribution is -0.138. The van der Waals surface area contributed by atoms with E-state index >= 15 is 0 Å². The molecule has 6 heteroatoms. The van der Waals surface area contributed by atoms with Gasteiger partial charge in [0.05, 0.1) is 0 Å². The van der Waals surface area contributed by atoms with E-state index in [1.54, 1.807) is 0 Å². The Morgan fingerprint density at radius 2 is 2.00 bits per heavy atom. The molecule has 0 aliphatic heterocycles. The average molecular weight is 188 g/mol. The van der Waals surface area contributed by atoms with Crippen LogP contribution in [-0.2, 0) is 9.59 Å². The minimum absolute atomic E-state index is 0.500. The third kappa shape index (κ3) is 13.7. The second-order valence-electron chi connectivity index (χ2n) is 2.32. The zero-order valence-corrected chi connectivity index (χ0v) is 7.27. The Hall–Kier alpha value is -1.23. The van der Waals surface area contributed by atoms with Gasteiger partial charge in [0, 0.05) is 0 Å². The summed E-state index contributed by atoms with van der Waals surface area (Å²) in [4.78, 5) is 18.4. The number of carbonyl (C=O) groups is 1. The Kier molecular flexibility index (Phi) is 11.8. The number of carboxylic acids is 1. The van der Waals surface area contributed by atoms with Crippen LogP contribution in [0, 0.1) is 0 Å². The first-order chi connectivity index (χ1) is 6.09. The molecule has 0 spiro atoms. The summed E-state index contributed by atoms with van der Waals surface area (Å²) in [5.41, 5.74) is 10.4. The highest BCUT2D eigenvalue weighted by atomic mass is 16.4. The van der Waals surface area contributed by atoms with Crippen LogP contribution in [0.4, 0.5) is 0 Å². The Bertz CT molecular complexity index is 166. The van der Waals surface area contributed by atoms with Crippen molar-refractivity contribution in [3.8, 4) is 0 Å². The van der Waals surface area contributed by atoms with E-state index in [0.717, 1.165) is 12.8 Å². The van der Waals surface area contributed by atoms with Crippen LogP contribution in [-0.4, -0.2) is 29.7 Å². The van der Waals surface area contributed by atoms with E-state index in [1.165, 1.54) is 0 Å². The van der Waals surface area contributed by atoms with Crippen LogP contribution in [0.1, 0.15) is 19.3 Å². The second-order valence-corrected chi connectivity index (χ2v) is 2.32. The van der Waals surface area contributed by atoms with Gasteiger partial charge in [-0.1, -0.05) is 6.42 Å². The number of isocyanates is 1. The number of aliphatic carboxylic acids is 1. The topological polar surface area (TPSA) is 129 Å². The summed E-state index contributed by atoms with van der Waals surface area (Å²) < 4.78 is 0. The lowest BCUT2D eigenvalue weighted by Gasteiger charge is -2.03. The maximum atomic E-state index is 10.1. The number of carbonyl (C=O) groups excluding carboxylic acids is 1. The van der Waals surface area contributed by atoms with Crippen molar-refractivity contribution in [3.05, 3.63) is 5.41 Å². The van der Waals surface area contributed by atoms with E-state index < -0.39 is 12.0 Å².